The molecular formula is C22H25N3O2S. The predicted molar refractivity (Wildman–Crippen MR) is 114 cm³/mol. The summed E-state index contributed by atoms with van der Waals surface area (Å²) in [6, 6.07) is 23.4. The van der Waals surface area contributed by atoms with E-state index in [9.17, 15) is 8.42 Å². The molecule has 0 bridgehead atoms. The maximum atomic E-state index is 12.8. The van der Waals surface area contributed by atoms with Gasteiger partial charge in [-0.2, -0.15) is 0 Å². The standard InChI is InChI=1S/C22H25N3O2S/c26-28(27,22-12-6-8-19-7-4-5-11-21(19)22)23-13-14-24-15-17-25(18-16-24)20-9-2-1-3-10-20/h1-12,23H,13-18H2. The summed E-state index contributed by atoms with van der Waals surface area (Å²) in [5.74, 6) is 0. The van der Waals surface area contributed by atoms with Gasteiger partial charge in [-0.05, 0) is 23.6 Å². The maximum absolute atomic E-state index is 12.8. The molecule has 6 heteroatoms. The molecule has 1 N–H and O–H groups in total. The third-order valence-corrected chi connectivity index (χ3v) is 6.77. The number of fused-ring (bicyclic) bond motifs is 1. The molecule has 1 heterocycles. The minimum atomic E-state index is -3.53. The lowest BCUT2D eigenvalue weighted by molar-refractivity contribution is 0.262. The van der Waals surface area contributed by atoms with Gasteiger partial charge in [-0.15, -0.1) is 0 Å². The molecule has 0 spiro atoms. The first kappa shape index (κ1) is 18.9. The van der Waals surface area contributed by atoms with Crippen LogP contribution in [0.25, 0.3) is 10.8 Å². The molecule has 5 nitrogen and oxygen atoms in total. The van der Waals surface area contributed by atoms with E-state index in [-0.39, 0.29) is 0 Å². The molecule has 1 fully saturated rings. The average molecular weight is 396 g/mol. The second-order valence-corrected chi connectivity index (χ2v) is 8.77. The van der Waals surface area contributed by atoms with Gasteiger partial charge in [-0.3, -0.25) is 4.90 Å². The fourth-order valence-electron chi connectivity index (χ4n) is 3.71. The summed E-state index contributed by atoms with van der Waals surface area (Å²) in [4.78, 5) is 5.03. The fourth-order valence-corrected chi connectivity index (χ4v) is 4.96. The van der Waals surface area contributed by atoms with Crippen molar-refractivity contribution in [3.8, 4) is 0 Å². The summed E-state index contributed by atoms with van der Waals surface area (Å²) in [5, 5.41) is 1.69. The molecule has 1 aliphatic heterocycles. The summed E-state index contributed by atoms with van der Waals surface area (Å²) in [6.07, 6.45) is 0. The highest BCUT2D eigenvalue weighted by Gasteiger charge is 2.19. The van der Waals surface area contributed by atoms with E-state index < -0.39 is 10.0 Å². The van der Waals surface area contributed by atoms with Gasteiger partial charge in [-0.1, -0.05) is 54.6 Å². The molecule has 0 atom stereocenters. The van der Waals surface area contributed by atoms with Gasteiger partial charge >= 0.3 is 0 Å². The maximum Gasteiger partial charge on any atom is 0.241 e. The van der Waals surface area contributed by atoms with Crippen molar-refractivity contribution in [3.63, 3.8) is 0 Å². The van der Waals surface area contributed by atoms with Gasteiger partial charge in [0.1, 0.15) is 0 Å². The van der Waals surface area contributed by atoms with Crippen LogP contribution in [-0.2, 0) is 10.0 Å². The Balaban J connectivity index is 1.33. The third-order valence-electron chi connectivity index (χ3n) is 5.25. The number of benzene rings is 3. The Labute approximate surface area is 166 Å². The second-order valence-electron chi connectivity index (χ2n) is 7.04. The first-order valence-electron chi connectivity index (χ1n) is 9.63. The number of hydrogen-bond donors (Lipinski definition) is 1. The Bertz CT molecular complexity index is 1020. The summed E-state index contributed by atoms with van der Waals surface area (Å²) in [5.41, 5.74) is 1.25. The van der Waals surface area contributed by atoms with Crippen LogP contribution >= 0.6 is 0 Å². The lowest BCUT2D eigenvalue weighted by Gasteiger charge is -2.36. The van der Waals surface area contributed by atoms with Crippen molar-refractivity contribution in [2.75, 3.05) is 44.2 Å². The van der Waals surface area contributed by atoms with Crippen LogP contribution in [-0.4, -0.2) is 52.6 Å². The summed E-state index contributed by atoms with van der Waals surface area (Å²) >= 11 is 0. The Morgan fingerprint density at radius 3 is 2.25 bits per heavy atom. The zero-order chi connectivity index (χ0) is 19.4. The largest absolute Gasteiger partial charge is 0.369 e. The number of sulfonamides is 1. The van der Waals surface area contributed by atoms with Crippen molar-refractivity contribution < 1.29 is 8.42 Å². The molecule has 1 saturated heterocycles. The number of para-hydroxylation sites is 1. The molecule has 0 saturated carbocycles. The van der Waals surface area contributed by atoms with Crippen molar-refractivity contribution in [1.82, 2.24) is 9.62 Å². The zero-order valence-electron chi connectivity index (χ0n) is 15.8. The monoisotopic (exact) mass is 395 g/mol. The molecule has 3 aromatic rings. The van der Waals surface area contributed by atoms with Crippen LogP contribution in [0.4, 0.5) is 5.69 Å². The Kier molecular flexibility index (Phi) is 5.62. The minimum Gasteiger partial charge on any atom is -0.369 e. The van der Waals surface area contributed by atoms with Crippen molar-refractivity contribution in [2.45, 2.75) is 4.90 Å². The van der Waals surface area contributed by atoms with Crippen LogP contribution in [0.2, 0.25) is 0 Å². The predicted octanol–water partition coefficient (Wildman–Crippen LogP) is 2.94. The third kappa shape index (κ3) is 4.19. The topological polar surface area (TPSA) is 52.7 Å². The Hall–Kier alpha value is -2.41. The van der Waals surface area contributed by atoms with E-state index in [1.54, 1.807) is 12.1 Å². The number of rotatable bonds is 6. The van der Waals surface area contributed by atoms with E-state index in [4.69, 9.17) is 0 Å². The SMILES string of the molecule is O=S(=O)(NCCN1CCN(c2ccccc2)CC1)c1cccc2ccccc12. The first-order chi connectivity index (χ1) is 13.6. The minimum absolute atomic E-state index is 0.347. The van der Waals surface area contributed by atoms with E-state index in [2.05, 4.69) is 38.8 Å². The average Bonchev–Trinajstić information content (AvgIpc) is 2.74. The number of nitrogens with one attached hydrogen (secondary N) is 1. The fraction of sp³-hybridized carbons (Fsp3) is 0.273. The molecule has 28 heavy (non-hydrogen) atoms. The van der Waals surface area contributed by atoms with Crippen LogP contribution in [0, 0.1) is 0 Å². The number of nitrogens with zero attached hydrogens (tertiary/aromatic N) is 2. The van der Waals surface area contributed by atoms with Crippen molar-refractivity contribution in [1.29, 1.82) is 0 Å². The quantitative estimate of drug-likeness (QED) is 0.697. The number of anilines is 1. The molecule has 0 radical (unpaired) electrons. The van der Waals surface area contributed by atoms with E-state index in [1.807, 2.05) is 36.4 Å². The molecule has 3 aromatic carbocycles. The van der Waals surface area contributed by atoms with Crippen LogP contribution in [0.3, 0.4) is 0 Å². The van der Waals surface area contributed by atoms with Crippen molar-refractivity contribution in [3.05, 3.63) is 72.8 Å². The lowest BCUT2D eigenvalue weighted by atomic mass is 10.1. The van der Waals surface area contributed by atoms with E-state index in [1.165, 1.54) is 5.69 Å². The molecule has 1 aliphatic rings. The highest BCUT2D eigenvalue weighted by molar-refractivity contribution is 7.89. The molecule has 0 unspecified atom stereocenters. The highest BCUT2D eigenvalue weighted by atomic mass is 32.2. The van der Waals surface area contributed by atoms with Crippen LogP contribution < -0.4 is 9.62 Å². The molecule has 0 amide bonds. The van der Waals surface area contributed by atoms with Crippen LogP contribution in [0.1, 0.15) is 0 Å². The Morgan fingerprint density at radius 2 is 1.46 bits per heavy atom. The van der Waals surface area contributed by atoms with Crippen LogP contribution in [0.15, 0.2) is 77.7 Å². The molecule has 0 aromatic heterocycles. The van der Waals surface area contributed by atoms with Gasteiger partial charge in [0, 0.05) is 50.3 Å². The molecule has 4 rings (SSSR count). The summed E-state index contributed by atoms with van der Waals surface area (Å²) < 4.78 is 28.3. The zero-order valence-corrected chi connectivity index (χ0v) is 16.6. The summed E-state index contributed by atoms with van der Waals surface area (Å²) in [7, 11) is -3.53. The molecule has 0 aliphatic carbocycles. The van der Waals surface area contributed by atoms with Gasteiger partial charge in [0.2, 0.25) is 10.0 Å². The van der Waals surface area contributed by atoms with Gasteiger partial charge in [0.15, 0.2) is 0 Å². The smallest absolute Gasteiger partial charge is 0.241 e. The summed E-state index contributed by atoms with van der Waals surface area (Å²) in [6.45, 7) is 4.92. The first-order valence-corrected chi connectivity index (χ1v) is 11.1. The van der Waals surface area contributed by atoms with Gasteiger partial charge in [0.05, 0.1) is 4.90 Å². The van der Waals surface area contributed by atoms with Crippen molar-refractivity contribution >= 4 is 26.5 Å². The molecule has 146 valence electrons. The van der Waals surface area contributed by atoms with Crippen LogP contribution in [0.5, 0.6) is 0 Å². The van der Waals surface area contributed by atoms with Gasteiger partial charge < -0.3 is 4.90 Å². The van der Waals surface area contributed by atoms with Crippen molar-refractivity contribution in [2.24, 2.45) is 0 Å². The van der Waals surface area contributed by atoms with E-state index in [0.29, 0.717) is 18.0 Å². The highest BCUT2D eigenvalue weighted by Crippen LogP contribution is 2.22. The normalized spacial score (nSPS) is 15.8. The molecular weight excluding hydrogens is 370 g/mol. The van der Waals surface area contributed by atoms with E-state index in [0.717, 1.165) is 37.0 Å². The number of hydrogen-bond acceptors (Lipinski definition) is 4. The lowest BCUT2D eigenvalue weighted by Crippen LogP contribution is -2.48. The van der Waals surface area contributed by atoms with Gasteiger partial charge in [0.25, 0.3) is 0 Å². The van der Waals surface area contributed by atoms with Gasteiger partial charge in [-0.25, -0.2) is 13.1 Å². The Morgan fingerprint density at radius 1 is 0.786 bits per heavy atom. The number of piperazine rings is 1. The second kappa shape index (κ2) is 8.31. The van der Waals surface area contributed by atoms with E-state index >= 15 is 0 Å².